The molecule has 220 valence electrons. The highest BCUT2D eigenvalue weighted by Gasteiger charge is 2.14. The van der Waals surface area contributed by atoms with Gasteiger partial charge in [-0.1, -0.05) is 103 Å². The van der Waals surface area contributed by atoms with Crippen LogP contribution in [0.3, 0.4) is 0 Å². The Morgan fingerprint density at radius 3 is 2.10 bits per heavy atom. The van der Waals surface area contributed by atoms with Gasteiger partial charge in [0.05, 0.1) is 18.7 Å². The van der Waals surface area contributed by atoms with Gasteiger partial charge in [0.2, 0.25) is 6.33 Å². The van der Waals surface area contributed by atoms with Crippen molar-refractivity contribution in [2.24, 2.45) is 0 Å². The molecule has 0 spiro atoms. The Labute approximate surface area is 238 Å². The Hall–Kier alpha value is -2.18. The van der Waals surface area contributed by atoms with Crippen molar-refractivity contribution in [1.82, 2.24) is 4.57 Å². The van der Waals surface area contributed by atoms with Crippen molar-refractivity contribution in [3.05, 3.63) is 54.1 Å². The van der Waals surface area contributed by atoms with Crippen LogP contribution in [0.1, 0.15) is 120 Å². The molecule has 0 fully saturated rings. The van der Waals surface area contributed by atoms with E-state index in [1.165, 1.54) is 83.5 Å². The van der Waals surface area contributed by atoms with E-state index in [1.54, 1.807) is 13.2 Å². The van der Waals surface area contributed by atoms with Crippen LogP contribution < -0.4 is 4.57 Å². The smallest absolute Gasteiger partial charge is 0.338 e. The molecule has 2 aromatic rings. The second-order valence-corrected chi connectivity index (χ2v) is 10.7. The van der Waals surface area contributed by atoms with Gasteiger partial charge in [-0.25, -0.2) is 13.9 Å². The molecule has 0 amide bonds. The SMILES string of the molecule is CCCCCCCCCCCCCCCCOCC(COC(=O)c1cccc(C[n+]2ccn(CC)c2)c1)OC. The number of esters is 1. The van der Waals surface area contributed by atoms with Crippen molar-refractivity contribution in [1.29, 1.82) is 0 Å². The minimum absolute atomic E-state index is 0.187. The monoisotopic (exact) mass is 543 g/mol. The number of hydrogen-bond donors (Lipinski definition) is 0. The molecule has 0 radical (unpaired) electrons. The van der Waals surface area contributed by atoms with Crippen LogP contribution in [0.15, 0.2) is 43.0 Å². The predicted molar refractivity (Wildman–Crippen MR) is 158 cm³/mol. The number of ether oxygens (including phenoxy) is 3. The fourth-order valence-corrected chi connectivity index (χ4v) is 4.78. The maximum atomic E-state index is 12.6. The van der Waals surface area contributed by atoms with Crippen molar-refractivity contribution < 1.29 is 23.6 Å². The molecule has 1 heterocycles. The van der Waals surface area contributed by atoms with Crippen LogP contribution in [-0.2, 0) is 27.3 Å². The Bertz CT molecular complexity index is 882. The molecule has 1 aromatic heterocycles. The van der Waals surface area contributed by atoms with Crippen LogP contribution in [0, 0.1) is 0 Å². The second-order valence-electron chi connectivity index (χ2n) is 10.7. The third-order valence-electron chi connectivity index (χ3n) is 7.32. The van der Waals surface area contributed by atoms with Crippen molar-refractivity contribution >= 4 is 5.97 Å². The molecule has 1 atom stereocenters. The Balaban J connectivity index is 1.49. The van der Waals surface area contributed by atoms with E-state index in [0.717, 1.165) is 25.1 Å². The van der Waals surface area contributed by atoms with Gasteiger partial charge in [0.25, 0.3) is 0 Å². The second kappa shape index (κ2) is 21.6. The van der Waals surface area contributed by atoms with E-state index in [1.807, 2.05) is 30.6 Å². The van der Waals surface area contributed by atoms with E-state index >= 15 is 0 Å². The fourth-order valence-electron chi connectivity index (χ4n) is 4.78. The molecule has 0 N–H and O–H groups in total. The maximum Gasteiger partial charge on any atom is 0.338 e. The summed E-state index contributed by atoms with van der Waals surface area (Å²) in [6, 6.07) is 7.61. The van der Waals surface area contributed by atoms with E-state index < -0.39 is 0 Å². The van der Waals surface area contributed by atoms with Gasteiger partial charge in [-0.05, 0) is 31.0 Å². The highest BCUT2D eigenvalue weighted by Crippen LogP contribution is 2.13. The quantitative estimate of drug-likeness (QED) is 0.0781. The highest BCUT2D eigenvalue weighted by atomic mass is 16.6. The van der Waals surface area contributed by atoms with Crippen LogP contribution in [0.4, 0.5) is 0 Å². The molecule has 0 bridgehead atoms. The molecule has 0 saturated heterocycles. The standard InChI is InChI=1S/C33H55N2O4/c1-4-6-7-8-9-10-11-12-13-14-15-16-17-18-24-38-27-32(37-3)28-39-33(36)31-21-19-20-30(25-31)26-35-23-22-34(5-2)29-35/h19-23,25,29,32H,4-18,24,26-28H2,1-3H3/q+1. The molecule has 6 nitrogen and oxygen atoms in total. The normalized spacial score (nSPS) is 12.1. The number of imidazole rings is 1. The van der Waals surface area contributed by atoms with Gasteiger partial charge in [-0.2, -0.15) is 0 Å². The summed E-state index contributed by atoms with van der Waals surface area (Å²) in [6.07, 6.45) is 24.8. The third-order valence-corrected chi connectivity index (χ3v) is 7.32. The van der Waals surface area contributed by atoms with E-state index in [2.05, 4.69) is 29.3 Å². The number of carbonyl (C=O) groups is 1. The van der Waals surface area contributed by atoms with Crippen molar-refractivity contribution in [2.75, 3.05) is 26.9 Å². The van der Waals surface area contributed by atoms with E-state index in [0.29, 0.717) is 18.7 Å². The molecule has 0 saturated carbocycles. The number of aromatic nitrogens is 2. The van der Waals surface area contributed by atoms with Gasteiger partial charge in [0.1, 0.15) is 31.6 Å². The summed E-state index contributed by atoms with van der Waals surface area (Å²) >= 11 is 0. The van der Waals surface area contributed by atoms with Gasteiger partial charge < -0.3 is 14.2 Å². The molecule has 1 aromatic carbocycles. The molecule has 2 rings (SSSR count). The van der Waals surface area contributed by atoms with Crippen LogP contribution in [0.2, 0.25) is 0 Å². The zero-order valence-corrected chi connectivity index (χ0v) is 25.1. The fraction of sp³-hybridized carbons (Fsp3) is 0.697. The lowest BCUT2D eigenvalue weighted by Crippen LogP contribution is -2.31. The lowest BCUT2D eigenvalue weighted by Gasteiger charge is -2.16. The first kappa shape index (κ1) is 33.0. The zero-order chi connectivity index (χ0) is 28.0. The summed E-state index contributed by atoms with van der Waals surface area (Å²) < 4.78 is 21.0. The molecule has 0 aliphatic heterocycles. The summed E-state index contributed by atoms with van der Waals surface area (Å²) in [5.74, 6) is -0.331. The van der Waals surface area contributed by atoms with Crippen LogP contribution in [0.5, 0.6) is 0 Å². The molecule has 0 aliphatic rings. The number of rotatable bonds is 24. The van der Waals surface area contributed by atoms with Crippen molar-refractivity contribution in [3.8, 4) is 0 Å². The molecule has 0 aliphatic carbocycles. The van der Waals surface area contributed by atoms with Crippen molar-refractivity contribution in [3.63, 3.8) is 0 Å². The number of methoxy groups -OCH3 is 1. The van der Waals surface area contributed by atoms with Gasteiger partial charge in [0, 0.05) is 13.7 Å². The summed E-state index contributed by atoms with van der Waals surface area (Å²) in [6.45, 7) is 7.39. The van der Waals surface area contributed by atoms with Crippen LogP contribution in [-0.4, -0.2) is 43.6 Å². The number of hydrogen-bond acceptors (Lipinski definition) is 4. The summed E-state index contributed by atoms with van der Waals surface area (Å²) in [7, 11) is 1.63. The van der Waals surface area contributed by atoms with Crippen LogP contribution in [0.25, 0.3) is 0 Å². The maximum absolute atomic E-state index is 12.6. The molecular weight excluding hydrogens is 488 g/mol. The first-order valence-electron chi connectivity index (χ1n) is 15.6. The summed E-state index contributed by atoms with van der Waals surface area (Å²) in [5, 5.41) is 0. The Kier molecular flexibility index (Phi) is 18.3. The van der Waals surface area contributed by atoms with Crippen LogP contribution >= 0.6 is 0 Å². The first-order valence-corrected chi connectivity index (χ1v) is 15.6. The molecule has 6 heteroatoms. The van der Waals surface area contributed by atoms with E-state index in [4.69, 9.17) is 14.2 Å². The topological polar surface area (TPSA) is 53.6 Å². The largest absolute Gasteiger partial charge is 0.459 e. The zero-order valence-electron chi connectivity index (χ0n) is 25.1. The Morgan fingerprint density at radius 1 is 0.872 bits per heavy atom. The van der Waals surface area contributed by atoms with Crippen molar-refractivity contribution in [2.45, 2.75) is 123 Å². The molecular formula is C33H55N2O4+. The Morgan fingerprint density at radius 2 is 1.51 bits per heavy atom. The van der Waals surface area contributed by atoms with Gasteiger partial charge in [-0.15, -0.1) is 0 Å². The van der Waals surface area contributed by atoms with E-state index in [-0.39, 0.29) is 18.7 Å². The summed E-state index contributed by atoms with van der Waals surface area (Å²) in [4.78, 5) is 12.6. The lowest BCUT2D eigenvalue weighted by atomic mass is 10.0. The molecule has 1 unspecified atom stereocenters. The highest BCUT2D eigenvalue weighted by molar-refractivity contribution is 5.89. The average molecular weight is 544 g/mol. The third kappa shape index (κ3) is 15.3. The summed E-state index contributed by atoms with van der Waals surface area (Å²) in [5.41, 5.74) is 1.62. The minimum atomic E-state index is -0.331. The minimum Gasteiger partial charge on any atom is -0.459 e. The van der Waals surface area contributed by atoms with Gasteiger partial charge in [-0.3, -0.25) is 0 Å². The number of benzene rings is 1. The molecule has 39 heavy (non-hydrogen) atoms. The van der Waals surface area contributed by atoms with Gasteiger partial charge in [0.15, 0.2) is 0 Å². The first-order chi connectivity index (χ1) is 19.2. The van der Waals surface area contributed by atoms with E-state index in [9.17, 15) is 4.79 Å². The number of unbranched alkanes of at least 4 members (excludes halogenated alkanes) is 13. The van der Waals surface area contributed by atoms with Gasteiger partial charge >= 0.3 is 5.97 Å². The predicted octanol–water partition coefficient (Wildman–Crippen LogP) is 7.51. The average Bonchev–Trinajstić information content (AvgIpc) is 3.41. The number of carbonyl (C=O) groups excluding carboxylic acids is 1. The number of aryl methyl sites for hydroxylation is 1. The lowest BCUT2D eigenvalue weighted by molar-refractivity contribution is -0.687. The number of nitrogens with zero attached hydrogens (tertiary/aromatic N) is 2.